The van der Waals surface area contributed by atoms with Gasteiger partial charge in [0.1, 0.15) is 5.75 Å². The predicted octanol–water partition coefficient (Wildman–Crippen LogP) is 3.49. The summed E-state index contributed by atoms with van der Waals surface area (Å²) in [6.07, 6.45) is 0. The van der Waals surface area contributed by atoms with Gasteiger partial charge in [-0.1, -0.05) is 0 Å². The molecule has 2 amide bonds. The number of aromatic nitrogens is 1. The molecule has 2 aromatic rings. The Morgan fingerprint density at radius 2 is 2.05 bits per heavy atom. The van der Waals surface area contributed by atoms with E-state index in [2.05, 4.69) is 15.6 Å². The van der Waals surface area contributed by atoms with Crippen molar-refractivity contribution in [3.63, 3.8) is 0 Å². The molecule has 0 atom stereocenters. The summed E-state index contributed by atoms with van der Waals surface area (Å²) in [5, 5.41) is 7.87. The van der Waals surface area contributed by atoms with E-state index in [1.54, 1.807) is 12.1 Å². The second kappa shape index (κ2) is 6.19. The molecule has 2 rings (SSSR count). The molecule has 0 bridgehead atoms. The number of urea groups is 1. The highest BCUT2D eigenvalue weighted by molar-refractivity contribution is 7.13. The zero-order chi connectivity index (χ0) is 13.7. The lowest BCUT2D eigenvalue weighted by Gasteiger charge is -2.07. The van der Waals surface area contributed by atoms with Crippen molar-refractivity contribution in [2.75, 3.05) is 17.2 Å². The number of ether oxygens (including phenoxy) is 1. The predicted molar refractivity (Wildman–Crippen MR) is 77.1 cm³/mol. The molecular formula is C13H15N3O2S. The third-order valence-electron chi connectivity index (χ3n) is 2.26. The van der Waals surface area contributed by atoms with Gasteiger partial charge in [0.15, 0.2) is 5.13 Å². The number of thiazole rings is 1. The van der Waals surface area contributed by atoms with Gasteiger partial charge in [0.2, 0.25) is 0 Å². The molecule has 0 saturated carbocycles. The van der Waals surface area contributed by atoms with Crippen molar-refractivity contribution in [1.29, 1.82) is 0 Å². The van der Waals surface area contributed by atoms with Crippen LogP contribution in [0.5, 0.6) is 5.75 Å². The van der Waals surface area contributed by atoms with Gasteiger partial charge in [-0.25, -0.2) is 9.78 Å². The Labute approximate surface area is 115 Å². The Hall–Kier alpha value is -2.08. The van der Waals surface area contributed by atoms with Crippen LogP contribution < -0.4 is 15.4 Å². The second-order valence-corrected chi connectivity index (χ2v) is 4.69. The van der Waals surface area contributed by atoms with Gasteiger partial charge in [0, 0.05) is 11.1 Å². The monoisotopic (exact) mass is 277 g/mol. The summed E-state index contributed by atoms with van der Waals surface area (Å²) in [4.78, 5) is 15.9. The average molecular weight is 277 g/mol. The molecule has 0 aliphatic heterocycles. The number of anilines is 2. The first-order chi connectivity index (χ1) is 9.17. The maximum absolute atomic E-state index is 11.7. The van der Waals surface area contributed by atoms with Crippen molar-refractivity contribution in [1.82, 2.24) is 4.98 Å². The lowest BCUT2D eigenvalue weighted by Crippen LogP contribution is -2.19. The molecule has 0 aliphatic carbocycles. The fourth-order valence-electron chi connectivity index (χ4n) is 1.47. The van der Waals surface area contributed by atoms with Crippen molar-refractivity contribution >= 4 is 28.2 Å². The normalized spacial score (nSPS) is 10.0. The van der Waals surface area contributed by atoms with E-state index < -0.39 is 0 Å². The molecule has 0 radical (unpaired) electrons. The van der Waals surface area contributed by atoms with E-state index in [0.717, 1.165) is 11.4 Å². The fourth-order valence-corrected chi connectivity index (χ4v) is 2.16. The third kappa shape index (κ3) is 3.96. The summed E-state index contributed by atoms with van der Waals surface area (Å²) in [6.45, 7) is 4.43. The van der Waals surface area contributed by atoms with Crippen LogP contribution in [0.3, 0.4) is 0 Å². The van der Waals surface area contributed by atoms with Crippen LogP contribution in [0.1, 0.15) is 12.6 Å². The average Bonchev–Trinajstić information content (AvgIpc) is 2.77. The number of rotatable bonds is 4. The first-order valence-corrected chi connectivity index (χ1v) is 6.78. The lowest BCUT2D eigenvalue weighted by molar-refractivity contribution is 0.262. The second-order valence-electron chi connectivity index (χ2n) is 3.83. The SMILES string of the molecule is CCOc1ccc(NC(=O)Nc2nc(C)cs2)cc1. The van der Waals surface area contributed by atoms with Crippen LogP contribution in [0.4, 0.5) is 15.6 Å². The van der Waals surface area contributed by atoms with Crippen LogP contribution in [-0.4, -0.2) is 17.6 Å². The van der Waals surface area contributed by atoms with Gasteiger partial charge in [-0.3, -0.25) is 5.32 Å². The molecule has 19 heavy (non-hydrogen) atoms. The molecule has 0 saturated heterocycles. The van der Waals surface area contributed by atoms with Crippen LogP contribution in [0.2, 0.25) is 0 Å². The molecule has 0 aliphatic rings. The van der Waals surface area contributed by atoms with Crippen molar-refractivity contribution in [2.45, 2.75) is 13.8 Å². The number of benzene rings is 1. The Bertz CT molecular complexity index is 551. The lowest BCUT2D eigenvalue weighted by atomic mass is 10.3. The van der Waals surface area contributed by atoms with E-state index in [0.29, 0.717) is 17.4 Å². The number of hydrogen-bond donors (Lipinski definition) is 2. The number of aryl methyl sites for hydroxylation is 1. The Morgan fingerprint density at radius 3 is 2.63 bits per heavy atom. The smallest absolute Gasteiger partial charge is 0.325 e. The molecule has 0 unspecified atom stereocenters. The first kappa shape index (κ1) is 13.4. The number of carbonyl (C=O) groups is 1. The number of amides is 2. The van der Waals surface area contributed by atoms with E-state index in [9.17, 15) is 4.79 Å². The largest absolute Gasteiger partial charge is 0.494 e. The maximum Gasteiger partial charge on any atom is 0.325 e. The van der Waals surface area contributed by atoms with Crippen LogP contribution in [-0.2, 0) is 0 Å². The Balaban J connectivity index is 1.91. The van der Waals surface area contributed by atoms with Gasteiger partial charge in [-0.15, -0.1) is 11.3 Å². The number of nitrogens with one attached hydrogen (secondary N) is 2. The highest BCUT2D eigenvalue weighted by atomic mass is 32.1. The van der Waals surface area contributed by atoms with Gasteiger partial charge >= 0.3 is 6.03 Å². The molecular weight excluding hydrogens is 262 g/mol. The van der Waals surface area contributed by atoms with Crippen LogP contribution in [0.25, 0.3) is 0 Å². The van der Waals surface area contributed by atoms with Crippen LogP contribution in [0.15, 0.2) is 29.6 Å². The molecule has 0 spiro atoms. The molecule has 6 heteroatoms. The van der Waals surface area contributed by atoms with Crippen LogP contribution >= 0.6 is 11.3 Å². The van der Waals surface area contributed by atoms with E-state index in [-0.39, 0.29) is 6.03 Å². The van der Waals surface area contributed by atoms with E-state index in [4.69, 9.17) is 4.74 Å². The number of nitrogens with zero attached hydrogens (tertiary/aromatic N) is 1. The summed E-state index contributed by atoms with van der Waals surface area (Å²) in [5.74, 6) is 0.781. The summed E-state index contributed by atoms with van der Waals surface area (Å²) in [6, 6.07) is 6.90. The highest BCUT2D eigenvalue weighted by Gasteiger charge is 2.05. The zero-order valence-electron chi connectivity index (χ0n) is 10.8. The Morgan fingerprint density at radius 1 is 1.32 bits per heavy atom. The summed E-state index contributed by atoms with van der Waals surface area (Å²) in [7, 11) is 0. The van der Waals surface area contributed by atoms with Crippen molar-refractivity contribution in [3.05, 3.63) is 35.3 Å². The molecule has 5 nitrogen and oxygen atoms in total. The molecule has 1 aromatic carbocycles. The quantitative estimate of drug-likeness (QED) is 0.899. The van der Waals surface area contributed by atoms with Gasteiger partial charge < -0.3 is 10.1 Å². The minimum Gasteiger partial charge on any atom is -0.494 e. The maximum atomic E-state index is 11.7. The Kier molecular flexibility index (Phi) is 4.35. The van der Waals surface area contributed by atoms with Crippen molar-refractivity contribution in [3.8, 4) is 5.75 Å². The van der Waals surface area contributed by atoms with E-state index in [1.165, 1.54) is 11.3 Å². The van der Waals surface area contributed by atoms with E-state index >= 15 is 0 Å². The summed E-state index contributed by atoms with van der Waals surface area (Å²) in [5.41, 5.74) is 1.59. The van der Waals surface area contributed by atoms with Gasteiger partial charge in [0.25, 0.3) is 0 Å². The fraction of sp³-hybridized carbons (Fsp3) is 0.231. The van der Waals surface area contributed by atoms with Crippen LogP contribution in [0, 0.1) is 6.92 Å². The number of carbonyl (C=O) groups excluding carboxylic acids is 1. The summed E-state index contributed by atoms with van der Waals surface area (Å²) >= 11 is 1.39. The molecule has 2 N–H and O–H groups in total. The zero-order valence-corrected chi connectivity index (χ0v) is 11.6. The molecule has 1 aromatic heterocycles. The summed E-state index contributed by atoms with van der Waals surface area (Å²) < 4.78 is 5.33. The molecule has 100 valence electrons. The molecule has 0 fully saturated rings. The minimum absolute atomic E-state index is 0.307. The highest BCUT2D eigenvalue weighted by Crippen LogP contribution is 2.17. The van der Waals surface area contributed by atoms with Gasteiger partial charge in [-0.2, -0.15) is 0 Å². The van der Waals surface area contributed by atoms with Crippen molar-refractivity contribution in [2.24, 2.45) is 0 Å². The molecule has 1 heterocycles. The van der Waals surface area contributed by atoms with Gasteiger partial charge in [-0.05, 0) is 38.1 Å². The van der Waals surface area contributed by atoms with Crippen molar-refractivity contribution < 1.29 is 9.53 Å². The first-order valence-electron chi connectivity index (χ1n) is 5.90. The minimum atomic E-state index is -0.307. The third-order valence-corrected chi connectivity index (χ3v) is 3.14. The number of hydrogen-bond acceptors (Lipinski definition) is 4. The van der Waals surface area contributed by atoms with Gasteiger partial charge in [0.05, 0.1) is 12.3 Å². The van der Waals surface area contributed by atoms with E-state index in [1.807, 2.05) is 31.4 Å². The topological polar surface area (TPSA) is 63.2 Å². The standard InChI is InChI=1S/C13H15N3O2S/c1-3-18-11-6-4-10(5-7-11)15-12(17)16-13-14-9(2)8-19-13/h4-8H,3H2,1-2H3,(H2,14,15,16,17).